The molecule has 1 heterocycles. The number of hydrogen-bond acceptors (Lipinski definition) is 3. The second-order valence-corrected chi connectivity index (χ2v) is 8.33. The third-order valence-corrected chi connectivity index (χ3v) is 5.80. The second-order valence-electron chi connectivity index (χ2n) is 8.33. The standard InChI is InChI=1S/C27H27N3O3/c1-19-4-6-21(7-5-19)18-29-16-3-17-30(27(29)33)25-14-10-23(11-15-25)26(32)28-24-12-8-22(9-13-24)20(2)31/h4-15H,3,16-18H2,1-2H3,(H,28,32). The van der Waals surface area contributed by atoms with E-state index in [-0.39, 0.29) is 17.7 Å². The summed E-state index contributed by atoms with van der Waals surface area (Å²) < 4.78 is 0. The third-order valence-electron chi connectivity index (χ3n) is 5.80. The van der Waals surface area contributed by atoms with Gasteiger partial charge in [-0.15, -0.1) is 0 Å². The van der Waals surface area contributed by atoms with Crippen molar-refractivity contribution in [3.63, 3.8) is 0 Å². The Bertz CT molecular complexity index is 1150. The first kappa shape index (κ1) is 22.3. The molecule has 0 saturated carbocycles. The fraction of sp³-hybridized carbons (Fsp3) is 0.222. The zero-order chi connectivity index (χ0) is 23.4. The van der Waals surface area contributed by atoms with E-state index in [1.807, 2.05) is 11.8 Å². The number of benzene rings is 3. The molecule has 0 atom stereocenters. The number of urea groups is 1. The van der Waals surface area contributed by atoms with E-state index in [9.17, 15) is 14.4 Å². The van der Waals surface area contributed by atoms with Crippen molar-refractivity contribution in [1.29, 1.82) is 0 Å². The Morgan fingerprint density at radius 2 is 1.48 bits per heavy atom. The molecule has 168 valence electrons. The molecule has 0 spiro atoms. The lowest BCUT2D eigenvalue weighted by Crippen LogP contribution is -2.49. The summed E-state index contributed by atoms with van der Waals surface area (Å²) in [5.74, 6) is -0.267. The second kappa shape index (κ2) is 9.69. The summed E-state index contributed by atoms with van der Waals surface area (Å²) in [6, 6.07) is 22.1. The Balaban J connectivity index is 1.41. The number of rotatable bonds is 6. The average molecular weight is 442 g/mol. The number of Topliss-reactive ketones (excluding diaryl/α,β-unsaturated/α-hetero) is 1. The van der Waals surface area contributed by atoms with Crippen LogP contribution in [0.1, 0.15) is 45.2 Å². The monoisotopic (exact) mass is 441 g/mol. The largest absolute Gasteiger partial charge is 0.324 e. The number of carbonyl (C=O) groups excluding carboxylic acids is 3. The average Bonchev–Trinajstić information content (AvgIpc) is 2.82. The Morgan fingerprint density at radius 1 is 0.848 bits per heavy atom. The number of amides is 3. The van der Waals surface area contributed by atoms with Crippen molar-refractivity contribution in [2.75, 3.05) is 23.3 Å². The Hall–Kier alpha value is -3.93. The minimum Gasteiger partial charge on any atom is -0.322 e. The maximum absolute atomic E-state index is 13.1. The zero-order valence-electron chi connectivity index (χ0n) is 18.9. The van der Waals surface area contributed by atoms with Crippen molar-refractivity contribution in [2.45, 2.75) is 26.8 Å². The van der Waals surface area contributed by atoms with Gasteiger partial charge in [0, 0.05) is 42.1 Å². The molecule has 0 aromatic heterocycles. The van der Waals surface area contributed by atoms with Gasteiger partial charge < -0.3 is 10.2 Å². The topological polar surface area (TPSA) is 69.7 Å². The van der Waals surface area contributed by atoms with E-state index >= 15 is 0 Å². The minimum atomic E-state index is -0.247. The summed E-state index contributed by atoms with van der Waals surface area (Å²) >= 11 is 0. The van der Waals surface area contributed by atoms with Crippen LogP contribution in [0, 0.1) is 6.92 Å². The first-order valence-electron chi connectivity index (χ1n) is 11.0. The SMILES string of the molecule is CC(=O)c1ccc(NC(=O)c2ccc(N3CCCN(Cc4ccc(C)cc4)C3=O)cc2)cc1. The maximum atomic E-state index is 13.1. The van der Waals surface area contributed by atoms with Crippen molar-refractivity contribution in [2.24, 2.45) is 0 Å². The fourth-order valence-electron chi connectivity index (χ4n) is 3.87. The van der Waals surface area contributed by atoms with Crippen LogP contribution in [0.4, 0.5) is 16.2 Å². The van der Waals surface area contributed by atoms with Gasteiger partial charge in [-0.25, -0.2) is 4.79 Å². The maximum Gasteiger partial charge on any atom is 0.324 e. The van der Waals surface area contributed by atoms with Gasteiger partial charge >= 0.3 is 6.03 Å². The molecular formula is C27H27N3O3. The smallest absolute Gasteiger partial charge is 0.322 e. The summed E-state index contributed by atoms with van der Waals surface area (Å²) in [6.45, 7) is 5.51. The predicted octanol–water partition coefficient (Wildman–Crippen LogP) is 5.28. The molecule has 0 unspecified atom stereocenters. The highest BCUT2D eigenvalue weighted by Crippen LogP contribution is 2.23. The number of hydrogen-bond donors (Lipinski definition) is 1. The zero-order valence-corrected chi connectivity index (χ0v) is 18.9. The number of nitrogens with zero attached hydrogens (tertiary/aromatic N) is 2. The van der Waals surface area contributed by atoms with Gasteiger partial charge in [-0.2, -0.15) is 0 Å². The van der Waals surface area contributed by atoms with Gasteiger partial charge in [0.2, 0.25) is 0 Å². The molecule has 0 aliphatic carbocycles. The highest BCUT2D eigenvalue weighted by Gasteiger charge is 2.26. The molecule has 1 aliphatic rings. The van der Waals surface area contributed by atoms with Gasteiger partial charge in [0.05, 0.1) is 0 Å². The lowest BCUT2D eigenvalue weighted by molar-refractivity contribution is 0.101. The summed E-state index contributed by atoms with van der Waals surface area (Å²) in [6.07, 6.45) is 0.885. The van der Waals surface area contributed by atoms with Gasteiger partial charge in [-0.05, 0) is 74.4 Å². The van der Waals surface area contributed by atoms with Gasteiger partial charge in [0.1, 0.15) is 0 Å². The van der Waals surface area contributed by atoms with Crippen molar-refractivity contribution in [3.05, 3.63) is 95.1 Å². The molecular weight excluding hydrogens is 414 g/mol. The molecule has 33 heavy (non-hydrogen) atoms. The molecule has 3 amide bonds. The van der Waals surface area contributed by atoms with E-state index in [4.69, 9.17) is 0 Å². The Kier molecular flexibility index (Phi) is 6.54. The number of nitrogens with one attached hydrogen (secondary N) is 1. The van der Waals surface area contributed by atoms with Gasteiger partial charge in [-0.1, -0.05) is 29.8 Å². The van der Waals surface area contributed by atoms with Crippen molar-refractivity contribution >= 4 is 29.1 Å². The molecule has 6 nitrogen and oxygen atoms in total. The molecule has 4 rings (SSSR count). The van der Waals surface area contributed by atoms with Crippen LogP contribution in [0.25, 0.3) is 0 Å². The van der Waals surface area contributed by atoms with Crippen LogP contribution < -0.4 is 10.2 Å². The van der Waals surface area contributed by atoms with E-state index in [0.29, 0.717) is 29.9 Å². The van der Waals surface area contributed by atoms with E-state index in [0.717, 1.165) is 24.2 Å². The molecule has 1 aliphatic heterocycles. The number of aryl methyl sites for hydroxylation is 1. The lowest BCUT2D eigenvalue weighted by atomic mass is 10.1. The molecule has 1 N–H and O–H groups in total. The number of carbonyl (C=O) groups is 3. The molecule has 0 bridgehead atoms. The van der Waals surface area contributed by atoms with Crippen molar-refractivity contribution < 1.29 is 14.4 Å². The van der Waals surface area contributed by atoms with Gasteiger partial charge in [-0.3, -0.25) is 14.5 Å². The fourth-order valence-corrected chi connectivity index (χ4v) is 3.87. The Labute approximate surface area is 193 Å². The van der Waals surface area contributed by atoms with Gasteiger partial charge in [0.25, 0.3) is 5.91 Å². The number of ketones is 1. The van der Waals surface area contributed by atoms with Crippen LogP contribution in [-0.2, 0) is 6.54 Å². The van der Waals surface area contributed by atoms with E-state index in [1.54, 1.807) is 53.4 Å². The molecule has 1 fully saturated rings. The summed E-state index contributed by atoms with van der Waals surface area (Å²) in [5.41, 5.74) is 4.79. The number of anilines is 2. The highest BCUT2D eigenvalue weighted by atomic mass is 16.2. The van der Waals surface area contributed by atoms with Crippen LogP contribution in [-0.4, -0.2) is 35.7 Å². The summed E-state index contributed by atoms with van der Waals surface area (Å²) in [7, 11) is 0. The Morgan fingerprint density at radius 3 is 2.12 bits per heavy atom. The van der Waals surface area contributed by atoms with Crippen molar-refractivity contribution in [1.82, 2.24) is 4.90 Å². The molecule has 6 heteroatoms. The van der Waals surface area contributed by atoms with Crippen molar-refractivity contribution in [3.8, 4) is 0 Å². The first-order valence-corrected chi connectivity index (χ1v) is 11.0. The van der Waals surface area contributed by atoms with Crippen LogP contribution >= 0.6 is 0 Å². The highest BCUT2D eigenvalue weighted by molar-refractivity contribution is 6.05. The minimum absolute atomic E-state index is 0.0202. The molecule has 0 radical (unpaired) electrons. The third kappa shape index (κ3) is 5.29. The lowest BCUT2D eigenvalue weighted by Gasteiger charge is -2.35. The summed E-state index contributed by atoms with van der Waals surface area (Å²) in [4.78, 5) is 40.7. The van der Waals surface area contributed by atoms with E-state index in [2.05, 4.69) is 29.6 Å². The van der Waals surface area contributed by atoms with E-state index < -0.39 is 0 Å². The summed E-state index contributed by atoms with van der Waals surface area (Å²) in [5, 5.41) is 2.83. The molecule has 1 saturated heterocycles. The normalized spacial score (nSPS) is 13.7. The molecule has 3 aromatic carbocycles. The molecule has 3 aromatic rings. The van der Waals surface area contributed by atoms with Crippen LogP contribution in [0.2, 0.25) is 0 Å². The predicted molar refractivity (Wildman–Crippen MR) is 130 cm³/mol. The first-order chi connectivity index (χ1) is 15.9. The van der Waals surface area contributed by atoms with Crippen LogP contribution in [0.15, 0.2) is 72.8 Å². The van der Waals surface area contributed by atoms with Crippen LogP contribution in [0.5, 0.6) is 0 Å². The van der Waals surface area contributed by atoms with E-state index in [1.165, 1.54) is 12.5 Å². The van der Waals surface area contributed by atoms with Gasteiger partial charge in [0.15, 0.2) is 5.78 Å². The quantitative estimate of drug-likeness (QED) is 0.529. The van der Waals surface area contributed by atoms with Crippen LogP contribution in [0.3, 0.4) is 0 Å².